The van der Waals surface area contributed by atoms with Crippen LogP contribution in [-0.2, 0) is 5.88 Å². The van der Waals surface area contributed by atoms with Gasteiger partial charge in [-0.3, -0.25) is 4.98 Å². The number of nitrogens with zero attached hydrogens (tertiary/aromatic N) is 2. The summed E-state index contributed by atoms with van der Waals surface area (Å²) in [5, 5.41) is 0.471. The van der Waals surface area contributed by atoms with Gasteiger partial charge in [0.15, 0.2) is 0 Å². The SMILES string of the molecule is Cl.c1cncc(C2SCn3cccc32)c1. The van der Waals surface area contributed by atoms with E-state index < -0.39 is 0 Å². The van der Waals surface area contributed by atoms with Crippen LogP contribution < -0.4 is 0 Å². The third-order valence-corrected chi connectivity index (χ3v) is 3.77. The van der Waals surface area contributed by atoms with Crippen LogP contribution in [0.5, 0.6) is 0 Å². The second-order valence-corrected chi connectivity index (χ2v) is 4.43. The van der Waals surface area contributed by atoms with Crippen LogP contribution in [0.2, 0.25) is 0 Å². The molecule has 0 radical (unpaired) electrons. The highest BCUT2D eigenvalue weighted by Crippen LogP contribution is 2.41. The van der Waals surface area contributed by atoms with E-state index in [0.29, 0.717) is 5.25 Å². The Hall–Kier alpha value is -0.930. The Balaban J connectivity index is 0.000000853. The van der Waals surface area contributed by atoms with E-state index in [1.807, 2.05) is 30.2 Å². The highest BCUT2D eigenvalue weighted by molar-refractivity contribution is 7.99. The molecule has 0 aliphatic carbocycles. The fourth-order valence-electron chi connectivity index (χ4n) is 1.82. The molecule has 1 unspecified atom stereocenters. The maximum absolute atomic E-state index is 4.16. The van der Waals surface area contributed by atoms with E-state index in [1.54, 1.807) is 0 Å². The van der Waals surface area contributed by atoms with Crippen LogP contribution in [0.15, 0.2) is 42.9 Å². The lowest BCUT2D eigenvalue weighted by molar-refractivity contribution is 0.869. The molecule has 1 aliphatic rings. The maximum Gasteiger partial charge on any atom is 0.0732 e. The first-order chi connectivity index (χ1) is 6.95. The van der Waals surface area contributed by atoms with Gasteiger partial charge in [-0.1, -0.05) is 6.07 Å². The normalized spacial score (nSPS) is 18.3. The van der Waals surface area contributed by atoms with E-state index in [0.717, 1.165) is 5.88 Å². The summed E-state index contributed by atoms with van der Waals surface area (Å²) in [4.78, 5) is 4.16. The molecule has 2 aromatic rings. The summed E-state index contributed by atoms with van der Waals surface area (Å²) in [7, 11) is 0. The van der Waals surface area contributed by atoms with Crippen LogP contribution in [0.4, 0.5) is 0 Å². The molecule has 3 rings (SSSR count). The third-order valence-electron chi connectivity index (χ3n) is 2.50. The lowest BCUT2D eigenvalue weighted by Gasteiger charge is -2.07. The first-order valence-electron chi connectivity index (χ1n) is 4.62. The second-order valence-electron chi connectivity index (χ2n) is 3.37. The number of fused-ring (bicyclic) bond motifs is 1. The van der Waals surface area contributed by atoms with Crippen LogP contribution >= 0.6 is 24.2 Å². The molecule has 0 N–H and O–H groups in total. The Morgan fingerprint density at radius 2 is 2.27 bits per heavy atom. The molecule has 78 valence electrons. The molecular formula is C11H11ClN2S. The fraction of sp³-hybridized carbons (Fsp3) is 0.182. The minimum absolute atomic E-state index is 0. The number of rotatable bonds is 1. The van der Waals surface area contributed by atoms with Gasteiger partial charge in [0.25, 0.3) is 0 Å². The number of pyridine rings is 1. The maximum atomic E-state index is 4.16. The van der Waals surface area contributed by atoms with Gasteiger partial charge in [0.05, 0.1) is 11.1 Å². The van der Waals surface area contributed by atoms with Crippen LogP contribution in [0, 0.1) is 0 Å². The zero-order valence-electron chi connectivity index (χ0n) is 8.04. The highest BCUT2D eigenvalue weighted by Gasteiger charge is 2.23. The molecule has 0 spiro atoms. The molecule has 15 heavy (non-hydrogen) atoms. The average molecular weight is 239 g/mol. The molecule has 0 saturated heterocycles. The first-order valence-corrected chi connectivity index (χ1v) is 5.66. The molecule has 4 heteroatoms. The van der Waals surface area contributed by atoms with Crippen molar-refractivity contribution < 1.29 is 0 Å². The molecule has 3 heterocycles. The fourth-order valence-corrected chi connectivity index (χ4v) is 3.08. The Labute approximate surface area is 99.1 Å². The molecular weight excluding hydrogens is 228 g/mol. The molecule has 0 aromatic carbocycles. The van der Waals surface area contributed by atoms with Crippen LogP contribution in [0.25, 0.3) is 0 Å². The van der Waals surface area contributed by atoms with Gasteiger partial charge in [0, 0.05) is 24.3 Å². The summed E-state index contributed by atoms with van der Waals surface area (Å²) in [6.07, 6.45) is 5.92. The summed E-state index contributed by atoms with van der Waals surface area (Å²) in [6, 6.07) is 8.45. The highest BCUT2D eigenvalue weighted by atomic mass is 35.5. The van der Waals surface area contributed by atoms with Gasteiger partial charge in [0.1, 0.15) is 0 Å². The predicted molar refractivity (Wildman–Crippen MR) is 65.4 cm³/mol. The molecule has 1 aliphatic heterocycles. The third kappa shape index (κ3) is 1.77. The van der Waals surface area contributed by atoms with Gasteiger partial charge < -0.3 is 4.57 Å². The lowest BCUT2D eigenvalue weighted by Crippen LogP contribution is -1.94. The van der Waals surface area contributed by atoms with Crippen molar-refractivity contribution in [1.82, 2.24) is 9.55 Å². The second kappa shape index (κ2) is 4.29. The van der Waals surface area contributed by atoms with Crippen molar-refractivity contribution in [2.75, 3.05) is 0 Å². The van der Waals surface area contributed by atoms with E-state index >= 15 is 0 Å². The number of thioether (sulfide) groups is 1. The molecule has 0 bridgehead atoms. The Morgan fingerprint density at radius 3 is 3.07 bits per heavy atom. The summed E-state index contributed by atoms with van der Waals surface area (Å²) in [6.45, 7) is 0. The standard InChI is InChI=1S/C11H10N2S.ClH/c1-3-9(7-12-5-1)11-10-4-2-6-13(10)8-14-11;/h1-7,11H,8H2;1H. The smallest absolute Gasteiger partial charge is 0.0732 e. The van der Waals surface area contributed by atoms with E-state index in [4.69, 9.17) is 0 Å². The van der Waals surface area contributed by atoms with Crippen molar-refractivity contribution in [2.24, 2.45) is 0 Å². The minimum Gasteiger partial charge on any atom is -0.340 e. The van der Waals surface area contributed by atoms with Crippen molar-refractivity contribution in [2.45, 2.75) is 11.1 Å². The zero-order valence-corrected chi connectivity index (χ0v) is 9.67. The minimum atomic E-state index is 0. The summed E-state index contributed by atoms with van der Waals surface area (Å²) < 4.78 is 2.29. The van der Waals surface area contributed by atoms with Crippen LogP contribution in [-0.4, -0.2) is 9.55 Å². The van der Waals surface area contributed by atoms with Gasteiger partial charge in [0.2, 0.25) is 0 Å². The zero-order chi connectivity index (χ0) is 9.38. The van der Waals surface area contributed by atoms with Crippen molar-refractivity contribution in [1.29, 1.82) is 0 Å². The van der Waals surface area contributed by atoms with Crippen molar-refractivity contribution in [3.63, 3.8) is 0 Å². The van der Waals surface area contributed by atoms with E-state index in [1.165, 1.54) is 11.3 Å². The van der Waals surface area contributed by atoms with Gasteiger partial charge in [-0.2, -0.15) is 0 Å². The molecule has 0 fully saturated rings. The molecule has 2 aromatic heterocycles. The predicted octanol–water partition coefficient (Wildman–Crippen LogP) is 3.10. The van der Waals surface area contributed by atoms with Gasteiger partial charge in [-0.15, -0.1) is 24.2 Å². The Morgan fingerprint density at radius 1 is 1.33 bits per heavy atom. The van der Waals surface area contributed by atoms with E-state index in [9.17, 15) is 0 Å². The van der Waals surface area contributed by atoms with Crippen LogP contribution in [0.1, 0.15) is 16.5 Å². The largest absolute Gasteiger partial charge is 0.340 e. The topological polar surface area (TPSA) is 17.8 Å². The van der Waals surface area contributed by atoms with E-state index in [-0.39, 0.29) is 12.4 Å². The number of aromatic nitrogens is 2. The first kappa shape index (κ1) is 10.6. The van der Waals surface area contributed by atoms with Gasteiger partial charge >= 0.3 is 0 Å². The van der Waals surface area contributed by atoms with Gasteiger partial charge in [-0.05, 0) is 23.8 Å². The number of hydrogen-bond donors (Lipinski definition) is 0. The summed E-state index contributed by atoms with van der Waals surface area (Å²) in [5.74, 6) is 1.06. The van der Waals surface area contributed by atoms with Crippen molar-refractivity contribution in [3.8, 4) is 0 Å². The Bertz CT molecular complexity index is 441. The molecule has 0 amide bonds. The molecule has 2 nitrogen and oxygen atoms in total. The quantitative estimate of drug-likeness (QED) is 0.760. The number of hydrogen-bond acceptors (Lipinski definition) is 2. The Kier molecular flexibility index (Phi) is 3.03. The summed E-state index contributed by atoms with van der Waals surface area (Å²) in [5.41, 5.74) is 2.69. The summed E-state index contributed by atoms with van der Waals surface area (Å²) >= 11 is 1.95. The van der Waals surface area contributed by atoms with Crippen LogP contribution in [0.3, 0.4) is 0 Å². The molecule has 0 saturated carbocycles. The monoisotopic (exact) mass is 238 g/mol. The lowest BCUT2D eigenvalue weighted by atomic mass is 10.1. The van der Waals surface area contributed by atoms with Crippen molar-refractivity contribution in [3.05, 3.63) is 54.1 Å². The molecule has 1 atom stereocenters. The van der Waals surface area contributed by atoms with Crippen molar-refractivity contribution >= 4 is 24.2 Å². The van der Waals surface area contributed by atoms with E-state index in [2.05, 4.69) is 33.9 Å². The number of halogens is 1. The average Bonchev–Trinajstić information content (AvgIpc) is 2.79. The van der Waals surface area contributed by atoms with Gasteiger partial charge in [-0.25, -0.2) is 0 Å².